The number of rotatable bonds is 14. The van der Waals surface area contributed by atoms with Gasteiger partial charge in [0.2, 0.25) is 17.6 Å². The first kappa shape index (κ1) is 35.8. The summed E-state index contributed by atoms with van der Waals surface area (Å²) in [7, 11) is 1.21. The quantitative estimate of drug-likeness (QED) is 0.128. The Labute approximate surface area is 266 Å². The van der Waals surface area contributed by atoms with Gasteiger partial charge in [0.1, 0.15) is 18.7 Å². The van der Waals surface area contributed by atoms with Crippen LogP contribution in [0.2, 0.25) is 0 Å². The normalized spacial score (nSPS) is 23.6. The van der Waals surface area contributed by atoms with Crippen LogP contribution in [0.3, 0.4) is 0 Å². The number of Topliss-reactive ketones (excluding diaryl/α,β-unsaturated/α-hetero) is 1. The average Bonchev–Trinajstić information content (AvgIpc) is 3.26. The highest BCUT2D eigenvalue weighted by Crippen LogP contribution is 2.65. The van der Waals surface area contributed by atoms with Crippen molar-refractivity contribution in [1.29, 1.82) is 0 Å². The van der Waals surface area contributed by atoms with Gasteiger partial charge in [-0.2, -0.15) is 0 Å². The van der Waals surface area contributed by atoms with E-state index in [9.17, 15) is 28.8 Å². The van der Waals surface area contributed by atoms with Gasteiger partial charge in [0.15, 0.2) is 0 Å². The molecule has 5 amide bonds. The average molecular weight is 634 g/mol. The van der Waals surface area contributed by atoms with Gasteiger partial charge in [-0.15, -0.1) is 6.58 Å². The van der Waals surface area contributed by atoms with E-state index in [1.165, 1.54) is 18.1 Å². The molecule has 0 radical (unpaired) electrons. The summed E-state index contributed by atoms with van der Waals surface area (Å²) in [5.74, 6) is -2.40. The second-order valence-electron chi connectivity index (χ2n) is 14.1. The molecule has 13 nitrogen and oxygen atoms in total. The second-order valence-corrected chi connectivity index (χ2v) is 14.1. The lowest BCUT2D eigenvalue weighted by molar-refractivity contribution is -0.145. The monoisotopic (exact) mass is 633 g/mol. The Morgan fingerprint density at radius 3 is 2.27 bits per heavy atom. The smallest absolute Gasteiger partial charge is 0.438 e. The number of nitrogens with one attached hydrogen (secondary N) is 4. The molecule has 13 heteroatoms. The van der Waals surface area contributed by atoms with Gasteiger partial charge in [-0.05, 0) is 47.8 Å². The van der Waals surface area contributed by atoms with E-state index in [0.29, 0.717) is 13.0 Å². The fourth-order valence-corrected chi connectivity index (χ4v) is 6.55. The van der Waals surface area contributed by atoms with Crippen LogP contribution in [0.5, 0.6) is 0 Å². The Balaban J connectivity index is 1.78. The summed E-state index contributed by atoms with van der Waals surface area (Å²) in [4.78, 5) is 79.7. The van der Waals surface area contributed by atoms with E-state index in [1.807, 2.05) is 41.5 Å². The molecule has 2 saturated carbocycles. The lowest BCUT2D eigenvalue weighted by Crippen LogP contribution is -2.62. The molecule has 3 rings (SSSR count). The Morgan fingerprint density at radius 1 is 1.07 bits per heavy atom. The summed E-state index contributed by atoms with van der Waals surface area (Å²) < 4.78 is 9.67. The van der Waals surface area contributed by atoms with Crippen LogP contribution in [0.4, 0.5) is 9.59 Å². The highest BCUT2D eigenvalue weighted by molar-refractivity contribution is 6.38. The van der Waals surface area contributed by atoms with Gasteiger partial charge in [-0.3, -0.25) is 19.2 Å². The molecule has 45 heavy (non-hydrogen) atoms. The summed E-state index contributed by atoms with van der Waals surface area (Å²) in [5, 5.41) is 10.9. The summed E-state index contributed by atoms with van der Waals surface area (Å²) in [6, 6.07) is -3.94. The Kier molecular flexibility index (Phi) is 11.7. The standard InChI is InChI=1S/C32H51N5O8/c1-9-12-20(24(38)27(40)33-15-10-2)34-26(39)23-22-19(32(22,6)7)16-37(23)28(41)25(31(3,4)5)36-29(42)35-21(18-13-11-14-18)17-45-30(43)44-8/h10,18-23,25H,2,9,11-17H2,1,3-8H3,(H,33,40)(H,34,39)(H2,35,36,42)/t19-,20?,21+,22-,23-,25+/m0/s1. The van der Waals surface area contributed by atoms with Crippen molar-refractivity contribution >= 4 is 35.7 Å². The molecule has 6 atom stereocenters. The molecule has 1 heterocycles. The third kappa shape index (κ3) is 8.35. The number of urea groups is 1. The molecule has 3 fully saturated rings. The van der Waals surface area contributed by atoms with Gasteiger partial charge in [-0.1, -0.05) is 60.5 Å². The molecule has 4 N–H and O–H groups in total. The van der Waals surface area contributed by atoms with Gasteiger partial charge in [0.05, 0.1) is 19.2 Å². The molecular formula is C32H51N5O8. The maximum Gasteiger partial charge on any atom is 0.508 e. The first-order chi connectivity index (χ1) is 21.1. The zero-order valence-corrected chi connectivity index (χ0v) is 27.7. The number of piperidine rings is 1. The Morgan fingerprint density at radius 2 is 1.73 bits per heavy atom. The van der Waals surface area contributed by atoms with Crippen molar-refractivity contribution in [3.63, 3.8) is 0 Å². The van der Waals surface area contributed by atoms with E-state index in [1.54, 1.807) is 0 Å². The highest BCUT2D eigenvalue weighted by Gasteiger charge is 2.70. The third-order valence-corrected chi connectivity index (χ3v) is 9.57. The fourth-order valence-electron chi connectivity index (χ4n) is 6.55. The van der Waals surface area contributed by atoms with Crippen LogP contribution in [-0.4, -0.2) is 91.6 Å². The van der Waals surface area contributed by atoms with Crippen molar-refractivity contribution in [2.24, 2.45) is 28.6 Å². The van der Waals surface area contributed by atoms with E-state index in [0.717, 1.165) is 19.3 Å². The van der Waals surface area contributed by atoms with E-state index in [2.05, 4.69) is 32.6 Å². The molecule has 0 aromatic rings. The van der Waals surface area contributed by atoms with E-state index >= 15 is 0 Å². The molecular weight excluding hydrogens is 582 g/mol. The van der Waals surface area contributed by atoms with Gasteiger partial charge in [0, 0.05) is 13.1 Å². The first-order valence-corrected chi connectivity index (χ1v) is 15.9. The van der Waals surface area contributed by atoms with Crippen LogP contribution >= 0.6 is 0 Å². The largest absolute Gasteiger partial charge is 0.508 e. The van der Waals surface area contributed by atoms with Crippen LogP contribution in [0.15, 0.2) is 12.7 Å². The number of ether oxygens (including phenoxy) is 2. The number of hydrogen-bond donors (Lipinski definition) is 4. The zero-order chi connectivity index (χ0) is 33.7. The van der Waals surface area contributed by atoms with Crippen LogP contribution in [0, 0.1) is 28.6 Å². The van der Waals surface area contributed by atoms with Crippen molar-refractivity contribution in [3.8, 4) is 0 Å². The second kappa shape index (κ2) is 14.6. The zero-order valence-electron chi connectivity index (χ0n) is 27.7. The lowest BCUT2D eigenvalue weighted by atomic mass is 9.80. The van der Waals surface area contributed by atoms with Crippen molar-refractivity contribution < 1.29 is 38.2 Å². The van der Waals surface area contributed by atoms with Crippen LogP contribution < -0.4 is 21.3 Å². The maximum absolute atomic E-state index is 14.2. The minimum atomic E-state index is -1.04. The predicted octanol–water partition coefficient (Wildman–Crippen LogP) is 2.29. The number of ketones is 1. The lowest BCUT2D eigenvalue weighted by Gasteiger charge is -2.38. The van der Waals surface area contributed by atoms with Crippen molar-refractivity contribution in [1.82, 2.24) is 26.2 Å². The van der Waals surface area contributed by atoms with E-state index in [-0.39, 0.29) is 42.7 Å². The number of carbonyl (C=O) groups excluding carboxylic acids is 6. The molecule has 1 unspecified atom stereocenters. The summed E-state index contributed by atoms with van der Waals surface area (Å²) >= 11 is 0. The molecule has 0 bridgehead atoms. The number of nitrogens with zero attached hydrogens (tertiary/aromatic N) is 1. The van der Waals surface area contributed by atoms with E-state index < -0.39 is 65.3 Å². The molecule has 1 saturated heterocycles. The topological polar surface area (TPSA) is 172 Å². The fraction of sp³-hybridized carbons (Fsp3) is 0.750. The maximum atomic E-state index is 14.2. The number of amides is 5. The molecule has 3 aliphatic rings. The molecule has 0 spiro atoms. The highest BCUT2D eigenvalue weighted by atomic mass is 16.7. The van der Waals surface area contributed by atoms with Crippen LogP contribution in [-0.2, 0) is 28.7 Å². The molecule has 252 valence electrons. The molecule has 2 aliphatic carbocycles. The summed E-state index contributed by atoms with van der Waals surface area (Å²) in [5.41, 5.74) is -0.918. The summed E-state index contributed by atoms with van der Waals surface area (Å²) in [6.45, 7) is 15.3. The number of methoxy groups -OCH3 is 1. The number of likely N-dealkylation sites (tertiary alicyclic amines) is 1. The third-order valence-electron chi connectivity index (χ3n) is 9.57. The van der Waals surface area contributed by atoms with Crippen LogP contribution in [0.25, 0.3) is 0 Å². The Hall–Kier alpha value is -3.64. The minimum absolute atomic E-state index is 0.0606. The van der Waals surface area contributed by atoms with Crippen molar-refractivity contribution in [2.45, 2.75) is 97.8 Å². The first-order valence-electron chi connectivity index (χ1n) is 15.9. The van der Waals surface area contributed by atoms with Gasteiger partial charge in [0.25, 0.3) is 5.91 Å². The number of carbonyl (C=O) groups is 6. The summed E-state index contributed by atoms with van der Waals surface area (Å²) in [6.07, 6.45) is 4.18. The van der Waals surface area contributed by atoms with Gasteiger partial charge in [-0.25, -0.2) is 9.59 Å². The molecule has 0 aromatic heterocycles. The minimum Gasteiger partial charge on any atom is -0.438 e. The van der Waals surface area contributed by atoms with Crippen LogP contribution in [0.1, 0.15) is 73.6 Å². The SMILES string of the molecule is C=CCNC(=O)C(=O)C(CCC)NC(=O)[C@@H]1[C@@H]2[C@H](CN1C(=O)[C@@H](NC(=O)N[C@H](COC(=O)OC)C1CCC1)C(C)(C)C)C2(C)C. The number of fused-ring (bicyclic) bond motifs is 1. The van der Waals surface area contributed by atoms with Crippen molar-refractivity contribution in [2.75, 3.05) is 26.8 Å². The number of hydrogen-bond acceptors (Lipinski definition) is 8. The van der Waals surface area contributed by atoms with Gasteiger partial charge >= 0.3 is 12.2 Å². The Bertz CT molecular complexity index is 1160. The van der Waals surface area contributed by atoms with E-state index in [4.69, 9.17) is 4.74 Å². The van der Waals surface area contributed by atoms with Gasteiger partial charge < -0.3 is 35.6 Å². The predicted molar refractivity (Wildman–Crippen MR) is 166 cm³/mol. The van der Waals surface area contributed by atoms with Crippen molar-refractivity contribution in [3.05, 3.63) is 12.7 Å². The molecule has 1 aliphatic heterocycles. The molecule has 0 aromatic carbocycles.